The molecular formula is C24H31FN4O3. The van der Waals surface area contributed by atoms with Gasteiger partial charge >= 0.3 is 6.09 Å². The van der Waals surface area contributed by atoms with E-state index in [1.807, 2.05) is 19.4 Å². The Morgan fingerprint density at radius 1 is 1.25 bits per heavy atom. The minimum atomic E-state index is -0.833. The molecule has 2 unspecified atom stereocenters. The van der Waals surface area contributed by atoms with Crippen molar-refractivity contribution in [2.75, 3.05) is 18.0 Å². The zero-order valence-corrected chi connectivity index (χ0v) is 19.6. The summed E-state index contributed by atoms with van der Waals surface area (Å²) in [5, 5.41) is 4.28. The van der Waals surface area contributed by atoms with Gasteiger partial charge in [-0.15, -0.1) is 0 Å². The van der Waals surface area contributed by atoms with Crippen LogP contribution in [-0.4, -0.2) is 51.4 Å². The molecule has 4 rings (SSSR count). The molecule has 172 valence electrons. The normalized spacial score (nSPS) is 22.2. The molecule has 2 aromatic rings. The van der Waals surface area contributed by atoms with E-state index in [4.69, 9.17) is 4.74 Å². The average molecular weight is 443 g/mol. The van der Waals surface area contributed by atoms with E-state index in [-0.39, 0.29) is 23.7 Å². The summed E-state index contributed by atoms with van der Waals surface area (Å²) in [6.45, 7) is 10.6. The van der Waals surface area contributed by atoms with Crippen LogP contribution >= 0.6 is 0 Å². The fourth-order valence-electron chi connectivity index (χ4n) is 4.85. The summed E-state index contributed by atoms with van der Waals surface area (Å²) in [5.41, 5.74) is 0.963. The van der Waals surface area contributed by atoms with E-state index in [0.29, 0.717) is 24.3 Å². The number of likely N-dealkylation sites (tertiary alicyclic amines) is 1. The lowest BCUT2D eigenvalue weighted by molar-refractivity contribution is -0.131. The summed E-state index contributed by atoms with van der Waals surface area (Å²) < 4.78 is 21.9. The maximum Gasteiger partial charge on any atom is 0.415 e. The second-order valence-corrected chi connectivity index (χ2v) is 10.5. The van der Waals surface area contributed by atoms with Gasteiger partial charge in [0, 0.05) is 44.2 Å². The third-order valence-corrected chi connectivity index (χ3v) is 6.32. The largest absolute Gasteiger partial charge is 0.443 e. The Bertz CT molecular complexity index is 1060. The number of aryl methyl sites for hydroxylation is 1. The number of hydrogen-bond acceptors (Lipinski definition) is 4. The van der Waals surface area contributed by atoms with Crippen LogP contribution in [-0.2, 0) is 23.0 Å². The first-order valence-corrected chi connectivity index (χ1v) is 10.9. The smallest absolute Gasteiger partial charge is 0.415 e. The quantitative estimate of drug-likeness (QED) is 0.708. The number of nitrogens with zero attached hydrogens (tertiary/aromatic N) is 4. The number of anilines is 1. The van der Waals surface area contributed by atoms with Crippen LogP contribution in [0.4, 0.5) is 14.9 Å². The number of ether oxygens (including phenoxy) is 1. The number of amides is 2. The van der Waals surface area contributed by atoms with Crippen molar-refractivity contribution < 1.29 is 18.7 Å². The fourth-order valence-corrected chi connectivity index (χ4v) is 4.85. The molecule has 1 aromatic heterocycles. The first-order valence-electron chi connectivity index (χ1n) is 10.9. The topological polar surface area (TPSA) is 67.7 Å². The van der Waals surface area contributed by atoms with Crippen LogP contribution in [0.5, 0.6) is 0 Å². The van der Waals surface area contributed by atoms with Crippen molar-refractivity contribution in [3.05, 3.63) is 47.5 Å². The molecule has 3 heterocycles. The highest BCUT2D eigenvalue weighted by Crippen LogP contribution is 2.43. The van der Waals surface area contributed by atoms with Crippen molar-refractivity contribution in [1.82, 2.24) is 14.7 Å². The number of carbonyl (C=O) groups is 2. The predicted octanol–water partition coefficient (Wildman–Crippen LogP) is 3.88. The minimum absolute atomic E-state index is 0.121. The van der Waals surface area contributed by atoms with E-state index in [1.54, 1.807) is 42.5 Å². The van der Waals surface area contributed by atoms with Gasteiger partial charge in [0.1, 0.15) is 17.5 Å². The molecule has 2 amide bonds. The summed E-state index contributed by atoms with van der Waals surface area (Å²) >= 11 is 0. The molecule has 0 radical (unpaired) electrons. The van der Waals surface area contributed by atoms with Gasteiger partial charge < -0.3 is 9.64 Å². The van der Waals surface area contributed by atoms with Crippen LogP contribution in [0.15, 0.2) is 30.6 Å². The van der Waals surface area contributed by atoms with E-state index >= 15 is 0 Å². The standard InChI is InChI=1S/C24H31FN4O3/c1-23(2,3)32-22(31)29-19-9-7-8-18(25)16(19)10-20(29)21(30)28-13-17(24(4,5)14-28)15-11-26-27(6)12-15/h7-9,11-12,17,20H,10,13-14H2,1-6H3. The molecule has 0 spiro atoms. The predicted molar refractivity (Wildman–Crippen MR) is 119 cm³/mol. The van der Waals surface area contributed by atoms with E-state index in [1.165, 1.54) is 11.0 Å². The van der Waals surface area contributed by atoms with E-state index < -0.39 is 23.6 Å². The molecule has 32 heavy (non-hydrogen) atoms. The monoisotopic (exact) mass is 442 g/mol. The van der Waals surface area contributed by atoms with Crippen LogP contribution in [0.1, 0.15) is 51.7 Å². The van der Waals surface area contributed by atoms with Gasteiger partial charge in [-0.05, 0) is 43.9 Å². The molecule has 2 aliphatic heterocycles. The van der Waals surface area contributed by atoms with Gasteiger partial charge in [-0.1, -0.05) is 19.9 Å². The summed E-state index contributed by atoms with van der Waals surface area (Å²) in [7, 11) is 1.87. The molecule has 2 aliphatic rings. The zero-order valence-electron chi connectivity index (χ0n) is 19.6. The number of rotatable bonds is 2. The van der Waals surface area contributed by atoms with Crippen molar-refractivity contribution in [3.63, 3.8) is 0 Å². The number of benzene rings is 1. The molecule has 1 fully saturated rings. The van der Waals surface area contributed by atoms with Crippen molar-refractivity contribution in [2.45, 2.75) is 58.6 Å². The minimum Gasteiger partial charge on any atom is -0.443 e. The van der Waals surface area contributed by atoms with E-state index in [2.05, 4.69) is 18.9 Å². The molecule has 7 nitrogen and oxygen atoms in total. The Balaban J connectivity index is 1.63. The first-order chi connectivity index (χ1) is 14.9. The van der Waals surface area contributed by atoms with Gasteiger partial charge in [-0.2, -0.15) is 5.10 Å². The summed E-state index contributed by atoms with van der Waals surface area (Å²) in [6, 6.07) is 3.74. The highest BCUT2D eigenvalue weighted by molar-refractivity contribution is 6.00. The maximum atomic E-state index is 14.6. The SMILES string of the molecule is Cn1cc(C2CN(C(=O)C3Cc4c(F)cccc4N3C(=O)OC(C)(C)C)CC2(C)C)cn1. The molecule has 0 saturated carbocycles. The molecule has 0 N–H and O–H groups in total. The van der Waals surface area contributed by atoms with Gasteiger partial charge in [0.15, 0.2) is 0 Å². The second kappa shape index (κ2) is 7.60. The molecule has 1 aromatic carbocycles. The van der Waals surface area contributed by atoms with Crippen LogP contribution in [0.2, 0.25) is 0 Å². The Hall–Kier alpha value is -2.90. The van der Waals surface area contributed by atoms with Crippen molar-refractivity contribution in [3.8, 4) is 0 Å². The van der Waals surface area contributed by atoms with Crippen LogP contribution in [0.25, 0.3) is 0 Å². The number of fused-ring (bicyclic) bond motifs is 1. The number of hydrogen-bond donors (Lipinski definition) is 0. The van der Waals surface area contributed by atoms with Gasteiger partial charge in [0.05, 0.1) is 11.9 Å². The van der Waals surface area contributed by atoms with Gasteiger partial charge in [0.2, 0.25) is 5.91 Å². The summed E-state index contributed by atoms with van der Waals surface area (Å²) in [4.78, 5) is 29.9. The summed E-state index contributed by atoms with van der Waals surface area (Å²) in [5.74, 6) is -0.483. The van der Waals surface area contributed by atoms with Gasteiger partial charge in [-0.3, -0.25) is 14.4 Å². The Kier molecular flexibility index (Phi) is 5.30. The molecule has 8 heteroatoms. The molecule has 2 atom stereocenters. The zero-order chi connectivity index (χ0) is 23.4. The van der Waals surface area contributed by atoms with Crippen molar-refractivity contribution in [1.29, 1.82) is 0 Å². The fraction of sp³-hybridized carbons (Fsp3) is 0.542. The lowest BCUT2D eigenvalue weighted by Crippen LogP contribution is -2.50. The van der Waals surface area contributed by atoms with Gasteiger partial charge in [-0.25, -0.2) is 9.18 Å². The van der Waals surface area contributed by atoms with Crippen molar-refractivity contribution in [2.24, 2.45) is 12.5 Å². The lowest BCUT2D eigenvalue weighted by Gasteiger charge is -2.31. The van der Waals surface area contributed by atoms with Gasteiger partial charge in [0.25, 0.3) is 0 Å². The molecular weight excluding hydrogens is 411 g/mol. The van der Waals surface area contributed by atoms with Crippen LogP contribution in [0, 0.1) is 11.2 Å². The van der Waals surface area contributed by atoms with Crippen LogP contribution < -0.4 is 4.90 Å². The molecule has 0 aliphatic carbocycles. The number of aromatic nitrogens is 2. The molecule has 1 saturated heterocycles. The Morgan fingerprint density at radius 3 is 2.59 bits per heavy atom. The van der Waals surface area contributed by atoms with E-state index in [0.717, 1.165) is 5.56 Å². The number of halogens is 1. The van der Waals surface area contributed by atoms with Crippen molar-refractivity contribution >= 4 is 17.7 Å². The van der Waals surface area contributed by atoms with Crippen LogP contribution in [0.3, 0.4) is 0 Å². The van der Waals surface area contributed by atoms with E-state index in [9.17, 15) is 14.0 Å². The summed E-state index contributed by atoms with van der Waals surface area (Å²) in [6.07, 6.45) is 3.32. The third kappa shape index (κ3) is 3.98. The Morgan fingerprint density at radius 2 is 1.97 bits per heavy atom. The Labute approximate surface area is 188 Å². The first kappa shape index (κ1) is 22.3. The average Bonchev–Trinajstić information content (AvgIpc) is 3.34. The second-order valence-electron chi connectivity index (χ2n) is 10.5. The third-order valence-electron chi connectivity index (χ3n) is 6.32. The lowest BCUT2D eigenvalue weighted by atomic mass is 9.79. The highest BCUT2D eigenvalue weighted by Gasteiger charge is 2.48. The number of carbonyl (C=O) groups excluding carboxylic acids is 2. The maximum absolute atomic E-state index is 14.6. The highest BCUT2D eigenvalue weighted by atomic mass is 19.1. The molecule has 0 bridgehead atoms.